The Labute approximate surface area is 101 Å². The fourth-order valence-electron chi connectivity index (χ4n) is 2.06. The molecule has 0 aliphatic carbocycles. The highest BCUT2D eigenvalue weighted by atomic mass is 32.1. The molecule has 1 aliphatic heterocycles. The number of aromatic amines is 1. The van der Waals surface area contributed by atoms with E-state index in [1.165, 1.54) is 6.42 Å². The Kier molecular flexibility index (Phi) is 3.76. The molecular formula is C11H19N3OS. The topological polar surface area (TPSA) is 42.8 Å². The molecule has 5 heteroatoms. The maximum atomic E-state index is 5.75. The van der Waals surface area contributed by atoms with E-state index in [1.54, 1.807) is 0 Å². The van der Waals surface area contributed by atoms with Gasteiger partial charge in [0.1, 0.15) is 6.10 Å². The molecular weight excluding hydrogens is 222 g/mol. The van der Waals surface area contributed by atoms with Crippen molar-refractivity contribution in [1.29, 1.82) is 0 Å². The monoisotopic (exact) mass is 241 g/mol. The molecule has 90 valence electrons. The summed E-state index contributed by atoms with van der Waals surface area (Å²) in [4.78, 5) is 0. The maximum absolute atomic E-state index is 5.75. The first-order valence-corrected chi connectivity index (χ1v) is 6.36. The molecule has 0 spiro atoms. The van der Waals surface area contributed by atoms with Crippen molar-refractivity contribution >= 4 is 12.2 Å². The minimum absolute atomic E-state index is 0.125. The zero-order valence-electron chi connectivity index (χ0n) is 9.90. The number of nitrogens with zero attached hydrogens (tertiary/aromatic N) is 2. The first-order valence-electron chi connectivity index (χ1n) is 5.95. The van der Waals surface area contributed by atoms with E-state index in [9.17, 15) is 0 Å². The van der Waals surface area contributed by atoms with E-state index in [0.717, 1.165) is 31.8 Å². The third-order valence-electron chi connectivity index (χ3n) is 2.80. The number of hydrogen-bond acceptors (Lipinski definition) is 3. The zero-order chi connectivity index (χ0) is 11.5. The normalized spacial score (nSPS) is 21.6. The summed E-state index contributed by atoms with van der Waals surface area (Å²) in [6.45, 7) is 6.11. The van der Waals surface area contributed by atoms with Crippen molar-refractivity contribution in [3.63, 3.8) is 0 Å². The molecule has 1 aliphatic rings. The molecule has 0 bridgehead atoms. The van der Waals surface area contributed by atoms with Gasteiger partial charge in [-0.25, -0.2) is 0 Å². The first-order chi connectivity index (χ1) is 7.68. The van der Waals surface area contributed by atoms with Gasteiger partial charge in [-0.05, 0) is 37.4 Å². The van der Waals surface area contributed by atoms with Crippen molar-refractivity contribution in [3.05, 3.63) is 10.6 Å². The van der Waals surface area contributed by atoms with E-state index in [-0.39, 0.29) is 6.10 Å². The van der Waals surface area contributed by atoms with Crippen LogP contribution in [0, 0.1) is 10.7 Å². The standard InChI is InChI=1S/C11H19N3OS/c1-8(2)7-14-10(12-13-11(14)16)9-5-3-4-6-15-9/h8-9H,3-7H2,1-2H3,(H,13,16). The Balaban J connectivity index is 2.22. The van der Waals surface area contributed by atoms with Crippen molar-refractivity contribution in [2.75, 3.05) is 6.61 Å². The van der Waals surface area contributed by atoms with Gasteiger partial charge in [0.2, 0.25) is 0 Å². The smallest absolute Gasteiger partial charge is 0.195 e. The summed E-state index contributed by atoms with van der Waals surface area (Å²) in [5, 5.41) is 7.19. The molecule has 1 atom stereocenters. The first kappa shape index (κ1) is 11.8. The van der Waals surface area contributed by atoms with Crippen LogP contribution < -0.4 is 0 Å². The second-order valence-electron chi connectivity index (χ2n) is 4.75. The van der Waals surface area contributed by atoms with E-state index in [4.69, 9.17) is 17.0 Å². The van der Waals surface area contributed by atoms with Gasteiger partial charge >= 0.3 is 0 Å². The van der Waals surface area contributed by atoms with E-state index >= 15 is 0 Å². The molecule has 1 aromatic rings. The van der Waals surface area contributed by atoms with Crippen LogP contribution in [0.15, 0.2) is 0 Å². The fourth-order valence-corrected chi connectivity index (χ4v) is 2.28. The number of nitrogens with one attached hydrogen (secondary N) is 1. The Morgan fingerprint density at radius 2 is 2.38 bits per heavy atom. The highest BCUT2D eigenvalue weighted by Crippen LogP contribution is 2.26. The van der Waals surface area contributed by atoms with Gasteiger partial charge in [0.05, 0.1) is 0 Å². The fraction of sp³-hybridized carbons (Fsp3) is 0.818. The number of ether oxygens (including phenoxy) is 1. The second kappa shape index (κ2) is 5.10. The largest absolute Gasteiger partial charge is 0.370 e. The molecule has 2 rings (SSSR count). The minimum atomic E-state index is 0.125. The number of H-pyrrole nitrogens is 1. The van der Waals surface area contributed by atoms with Crippen LogP contribution in [-0.4, -0.2) is 21.4 Å². The van der Waals surface area contributed by atoms with Gasteiger partial charge in [0.15, 0.2) is 10.6 Å². The number of rotatable bonds is 3. The second-order valence-corrected chi connectivity index (χ2v) is 5.13. The van der Waals surface area contributed by atoms with Crippen LogP contribution in [0.3, 0.4) is 0 Å². The lowest BCUT2D eigenvalue weighted by molar-refractivity contribution is 0.00678. The summed E-state index contributed by atoms with van der Waals surface area (Å²) in [7, 11) is 0. The Bertz CT molecular complexity index is 390. The SMILES string of the molecule is CC(C)Cn1c(C2CCCCO2)n[nH]c1=S. The summed E-state index contributed by atoms with van der Waals surface area (Å²) >= 11 is 5.25. The summed E-state index contributed by atoms with van der Waals surface area (Å²) < 4.78 is 8.54. The van der Waals surface area contributed by atoms with Gasteiger partial charge in [-0.1, -0.05) is 13.8 Å². The summed E-state index contributed by atoms with van der Waals surface area (Å²) in [5.74, 6) is 1.53. The zero-order valence-corrected chi connectivity index (χ0v) is 10.7. The molecule has 0 amide bonds. The van der Waals surface area contributed by atoms with E-state index < -0.39 is 0 Å². The van der Waals surface area contributed by atoms with Crippen molar-refractivity contribution in [2.45, 2.75) is 45.8 Å². The van der Waals surface area contributed by atoms with Crippen LogP contribution in [0.5, 0.6) is 0 Å². The van der Waals surface area contributed by atoms with Crippen LogP contribution in [0.2, 0.25) is 0 Å². The Morgan fingerprint density at radius 3 is 3.00 bits per heavy atom. The molecule has 1 fully saturated rings. The van der Waals surface area contributed by atoms with Gasteiger partial charge in [0.25, 0.3) is 0 Å². The molecule has 0 radical (unpaired) electrons. The number of aromatic nitrogens is 3. The predicted octanol–water partition coefficient (Wildman–Crippen LogP) is 2.84. The molecule has 1 N–H and O–H groups in total. The quantitative estimate of drug-likeness (QED) is 0.827. The highest BCUT2D eigenvalue weighted by molar-refractivity contribution is 7.71. The summed E-state index contributed by atoms with van der Waals surface area (Å²) in [6.07, 6.45) is 3.55. The molecule has 2 heterocycles. The van der Waals surface area contributed by atoms with E-state index in [1.807, 2.05) is 0 Å². The number of hydrogen-bond donors (Lipinski definition) is 1. The molecule has 1 saturated heterocycles. The van der Waals surface area contributed by atoms with Crippen LogP contribution in [-0.2, 0) is 11.3 Å². The van der Waals surface area contributed by atoms with Crippen molar-refractivity contribution in [3.8, 4) is 0 Å². The maximum Gasteiger partial charge on any atom is 0.195 e. The average molecular weight is 241 g/mol. The molecule has 4 nitrogen and oxygen atoms in total. The molecule has 1 aromatic heterocycles. The Morgan fingerprint density at radius 1 is 1.56 bits per heavy atom. The lowest BCUT2D eigenvalue weighted by Crippen LogP contribution is -2.18. The molecule has 1 unspecified atom stereocenters. The average Bonchev–Trinajstić information content (AvgIpc) is 2.61. The van der Waals surface area contributed by atoms with Crippen LogP contribution in [0.25, 0.3) is 0 Å². The van der Waals surface area contributed by atoms with Crippen molar-refractivity contribution in [2.24, 2.45) is 5.92 Å². The van der Waals surface area contributed by atoms with Crippen molar-refractivity contribution < 1.29 is 4.74 Å². The third kappa shape index (κ3) is 2.52. The Hall–Kier alpha value is -0.680. The van der Waals surface area contributed by atoms with Gasteiger partial charge in [-0.2, -0.15) is 5.10 Å². The van der Waals surface area contributed by atoms with Crippen LogP contribution in [0.4, 0.5) is 0 Å². The summed E-state index contributed by atoms with van der Waals surface area (Å²) in [6, 6.07) is 0. The molecule has 0 aromatic carbocycles. The van der Waals surface area contributed by atoms with Gasteiger partial charge in [-0.3, -0.25) is 5.10 Å². The summed E-state index contributed by atoms with van der Waals surface area (Å²) in [5.41, 5.74) is 0. The third-order valence-corrected chi connectivity index (χ3v) is 3.11. The van der Waals surface area contributed by atoms with Crippen LogP contribution in [0.1, 0.15) is 45.0 Å². The van der Waals surface area contributed by atoms with Gasteiger partial charge < -0.3 is 9.30 Å². The lowest BCUT2D eigenvalue weighted by Gasteiger charge is -2.22. The molecule has 0 saturated carbocycles. The van der Waals surface area contributed by atoms with E-state index in [2.05, 4.69) is 28.6 Å². The van der Waals surface area contributed by atoms with Gasteiger partial charge in [0, 0.05) is 13.2 Å². The molecule has 16 heavy (non-hydrogen) atoms. The minimum Gasteiger partial charge on any atom is -0.370 e. The van der Waals surface area contributed by atoms with Gasteiger partial charge in [-0.15, -0.1) is 0 Å². The lowest BCUT2D eigenvalue weighted by atomic mass is 10.1. The van der Waals surface area contributed by atoms with E-state index in [0.29, 0.717) is 10.7 Å². The predicted molar refractivity (Wildman–Crippen MR) is 64.8 cm³/mol. The van der Waals surface area contributed by atoms with Crippen LogP contribution >= 0.6 is 12.2 Å². The van der Waals surface area contributed by atoms with Crippen molar-refractivity contribution in [1.82, 2.24) is 14.8 Å². The highest BCUT2D eigenvalue weighted by Gasteiger charge is 2.22.